The van der Waals surface area contributed by atoms with Gasteiger partial charge in [0.25, 0.3) is 0 Å². The maximum atomic E-state index is 11.0. The van der Waals surface area contributed by atoms with Crippen molar-refractivity contribution in [2.24, 2.45) is 4.99 Å². The molecule has 0 radical (unpaired) electrons. The van der Waals surface area contributed by atoms with Crippen LogP contribution in [0.1, 0.15) is 17.3 Å². The van der Waals surface area contributed by atoms with E-state index in [2.05, 4.69) is 15.6 Å². The Labute approximate surface area is 101 Å². The number of benzene rings is 1. The molecule has 1 heterocycles. The number of aliphatic imine (C=N–C) groups is 1. The number of carbonyl (C=O) groups is 1. The molecule has 0 spiro atoms. The summed E-state index contributed by atoms with van der Waals surface area (Å²) >= 11 is 0. The van der Waals surface area contributed by atoms with Crippen LogP contribution in [0.4, 0.5) is 5.69 Å². The number of rotatable bonds is 2. The van der Waals surface area contributed by atoms with Gasteiger partial charge in [-0.2, -0.15) is 0 Å². The third-order valence-electron chi connectivity index (χ3n) is 2.23. The fourth-order valence-electron chi connectivity index (χ4n) is 1.41. The lowest BCUT2D eigenvalue weighted by molar-refractivity contribution is 0.101. The number of guanidine groups is 1. The summed E-state index contributed by atoms with van der Waals surface area (Å²) in [5, 5.41) is 6.25. The Kier molecular flexibility index (Phi) is 4.31. The van der Waals surface area contributed by atoms with Gasteiger partial charge in [0.2, 0.25) is 0 Å². The third kappa shape index (κ3) is 2.97. The van der Waals surface area contributed by atoms with Crippen LogP contribution in [0.2, 0.25) is 0 Å². The molecular formula is C11H14ClN3O. The average Bonchev–Trinajstić information content (AvgIpc) is 2.71. The number of nitrogens with one attached hydrogen (secondary N) is 2. The number of hydrogen-bond donors (Lipinski definition) is 2. The molecule has 4 nitrogen and oxygen atoms in total. The number of halogens is 1. The van der Waals surface area contributed by atoms with Gasteiger partial charge in [0, 0.05) is 17.8 Å². The lowest BCUT2D eigenvalue weighted by Gasteiger charge is -2.06. The SMILES string of the molecule is CC(=O)c1ccc(NC2=NCCN2)cc1.Cl. The zero-order chi connectivity index (χ0) is 10.7. The van der Waals surface area contributed by atoms with Crippen LogP contribution in [0, 0.1) is 0 Å². The van der Waals surface area contributed by atoms with Gasteiger partial charge < -0.3 is 10.6 Å². The first kappa shape index (κ1) is 12.5. The molecule has 0 aliphatic carbocycles. The van der Waals surface area contributed by atoms with Crippen molar-refractivity contribution in [1.82, 2.24) is 5.32 Å². The Morgan fingerprint density at radius 2 is 2.06 bits per heavy atom. The van der Waals surface area contributed by atoms with Crippen molar-refractivity contribution in [2.75, 3.05) is 18.4 Å². The molecule has 86 valence electrons. The second kappa shape index (κ2) is 5.51. The number of ketones is 1. The van der Waals surface area contributed by atoms with Crippen molar-refractivity contribution >= 4 is 29.8 Å². The first-order valence-corrected chi connectivity index (χ1v) is 4.92. The van der Waals surface area contributed by atoms with Gasteiger partial charge in [-0.15, -0.1) is 12.4 Å². The molecule has 0 aromatic heterocycles. The predicted octanol–water partition coefficient (Wildman–Crippen LogP) is 1.68. The van der Waals surface area contributed by atoms with Gasteiger partial charge in [0.1, 0.15) is 0 Å². The summed E-state index contributed by atoms with van der Waals surface area (Å²) in [4.78, 5) is 15.3. The second-order valence-electron chi connectivity index (χ2n) is 3.42. The Bertz CT molecular complexity index is 400. The van der Waals surface area contributed by atoms with E-state index in [0.29, 0.717) is 0 Å². The van der Waals surface area contributed by atoms with Crippen LogP contribution in [0.3, 0.4) is 0 Å². The standard InChI is InChI=1S/C11H13N3O.ClH/c1-8(15)9-2-4-10(5-3-9)14-11-12-6-7-13-11;/h2-5H,6-7H2,1H3,(H2,12,13,14);1H. The van der Waals surface area contributed by atoms with Gasteiger partial charge in [-0.3, -0.25) is 9.79 Å². The molecule has 1 aromatic carbocycles. The summed E-state index contributed by atoms with van der Waals surface area (Å²) in [5.74, 6) is 0.878. The monoisotopic (exact) mass is 239 g/mol. The lowest BCUT2D eigenvalue weighted by Crippen LogP contribution is -2.26. The first-order chi connectivity index (χ1) is 7.25. The van der Waals surface area contributed by atoms with Gasteiger partial charge in [0.15, 0.2) is 11.7 Å². The zero-order valence-corrected chi connectivity index (χ0v) is 9.80. The van der Waals surface area contributed by atoms with E-state index in [1.54, 1.807) is 19.1 Å². The smallest absolute Gasteiger partial charge is 0.195 e. The highest BCUT2D eigenvalue weighted by atomic mass is 35.5. The van der Waals surface area contributed by atoms with Crippen molar-refractivity contribution in [3.8, 4) is 0 Å². The molecule has 0 fully saturated rings. The minimum absolute atomic E-state index is 0. The molecule has 1 aliphatic heterocycles. The average molecular weight is 240 g/mol. The molecular weight excluding hydrogens is 226 g/mol. The van der Waals surface area contributed by atoms with E-state index >= 15 is 0 Å². The molecule has 16 heavy (non-hydrogen) atoms. The number of carbonyl (C=O) groups excluding carboxylic acids is 1. The quantitative estimate of drug-likeness (QED) is 0.773. The number of hydrogen-bond acceptors (Lipinski definition) is 4. The highest BCUT2D eigenvalue weighted by Crippen LogP contribution is 2.10. The molecule has 1 aromatic rings. The maximum Gasteiger partial charge on any atom is 0.195 e. The molecule has 1 aliphatic rings. The predicted molar refractivity (Wildman–Crippen MR) is 67.6 cm³/mol. The van der Waals surface area contributed by atoms with Gasteiger partial charge in [0.05, 0.1) is 6.54 Å². The fourth-order valence-corrected chi connectivity index (χ4v) is 1.41. The van der Waals surface area contributed by atoms with Crippen LogP contribution in [0.15, 0.2) is 29.3 Å². The molecule has 0 saturated heterocycles. The van der Waals surface area contributed by atoms with Crippen molar-refractivity contribution in [2.45, 2.75) is 6.92 Å². The maximum absolute atomic E-state index is 11.0. The third-order valence-corrected chi connectivity index (χ3v) is 2.23. The molecule has 0 amide bonds. The Morgan fingerprint density at radius 3 is 2.56 bits per heavy atom. The minimum atomic E-state index is 0. The van der Waals surface area contributed by atoms with Gasteiger partial charge in [-0.05, 0) is 31.2 Å². The number of Topliss-reactive ketones (excluding diaryl/α,β-unsaturated/α-hetero) is 1. The Morgan fingerprint density at radius 1 is 1.38 bits per heavy atom. The van der Waals surface area contributed by atoms with E-state index in [-0.39, 0.29) is 18.2 Å². The van der Waals surface area contributed by atoms with Gasteiger partial charge >= 0.3 is 0 Å². The largest absolute Gasteiger partial charge is 0.354 e. The topological polar surface area (TPSA) is 53.5 Å². The van der Waals surface area contributed by atoms with Crippen LogP contribution < -0.4 is 10.6 Å². The van der Waals surface area contributed by atoms with Crippen molar-refractivity contribution in [1.29, 1.82) is 0 Å². The summed E-state index contributed by atoms with van der Waals surface area (Å²) in [6, 6.07) is 7.36. The van der Waals surface area contributed by atoms with Crippen LogP contribution in [-0.4, -0.2) is 24.8 Å². The molecule has 2 rings (SSSR count). The molecule has 0 unspecified atom stereocenters. The zero-order valence-electron chi connectivity index (χ0n) is 8.99. The summed E-state index contributed by atoms with van der Waals surface area (Å²) in [6.07, 6.45) is 0. The highest BCUT2D eigenvalue weighted by Gasteiger charge is 2.04. The van der Waals surface area contributed by atoms with Crippen LogP contribution in [-0.2, 0) is 0 Å². The van der Waals surface area contributed by atoms with E-state index in [0.717, 1.165) is 30.3 Å². The first-order valence-electron chi connectivity index (χ1n) is 4.92. The Balaban J connectivity index is 0.00000128. The van der Waals surface area contributed by atoms with Gasteiger partial charge in [-0.1, -0.05) is 0 Å². The summed E-state index contributed by atoms with van der Waals surface area (Å²) in [5.41, 5.74) is 1.66. The minimum Gasteiger partial charge on any atom is -0.354 e. The van der Waals surface area contributed by atoms with E-state index in [1.807, 2.05) is 12.1 Å². The van der Waals surface area contributed by atoms with Crippen molar-refractivity contribution in [3.05, 3.63) is 29.8 Å². The molecule has 2 N–H and O–H groups in total. The van der Waals surface area contributed by atoms with Crippen LogP contribution in [0.25, 0.3) is 0 Å². The van der Waals surface area contributed by atoms with Crippen molar-refractivity contribution < 1.29 is 4.79 Å². The van der Waals surface area contributed by atoms with E-state index < -0.39 is 0 Å². The lowest BCUT2D eigenvalue weighted by atomic mass is 10.1. The normalized spacial score (nSPS) is 13.4. The summed E-state index contributed by atoms with van der Waals surface area (Å²) < 4.78 is 0. The summed E-state index contributed by atoms with van der Waals surface area (Å²) in [6.45, 7) is 3.26. The highest BCUT2D eigenvalue weighted by molar-refractivity contribution is 5.96. The van der Waals surface area contributed by atoms with E-state index in [4.69, 9.17) is 0 Å². The number of nitrogens with zero attached hydrogens (tertiary/aromatic N) is 1. The van der Waals surface area contributed by atoms with Crippen molar-refractivity contribution in [3.63, 3.8) is 0 Å². The second-order valence-corrected chi connectivity index (χ2v) is 3.42. The molecule has 0 atom stereocenters. The van der Waals surface area contributed by atoms with Crippen LogP contribution in [0.5, 0.6) is 0 Å². The van der Waals surface area contributed by atoms with Gasteiger partial charge in [-0.25, -0.2) is 0 Å². The Hall–Kier alpha value is -1.55. The molecule has 0 bridgehead atoms. The van der Waals surface area contributed by atoms with E-state index in [9.17, 15) is 4.79 Å². The van der Waals surface area contributed by atoms with E-state index in [1.165, 1.54) is 0 Å². The van der Waals surface area contributed by atoms with Crippen LogP contribution >= 0.6 is 12.4 Å². The summed E-state index contributed by atoms with van der Waals surface area (Å²) in [7, 11) is 0. The fraction of sp³-hybridized carbons (Fsp3) is 0.273. The number of anilines is 1. The molecule has 0 saturated carbocycles. The molecule has 5 heteroatoms.